The summed E-state index contributed by atoms with van der Waals surface area (Å²) < 4.78 is 11.2. The van der Waals surface area contributed by atoms with Crippen LogP contribution in [0.3, 0.4) is 0 Å². The van der Waals surface area contributed by atoms with Gasteiger partial charge in [0.2, 0.25) is 0 Å². The van der Waals surface area contributed by atoms with E-state index in [1.807, 2.05) is 29.2 Å². The van der Waals surface area contributed by atoms with Gasteiger partial charge in [0.1, 0.15) is 18.5 Å². The first-order valence-corrected chi connectivity index (χ1v) is 11.4. The van der Waals surface area contributed by atoms with E-state index in [4.69, 9.17) is 21.1 Å². The van der Waals surface area contributed by atoms with E-state index in [-0.39, 0.29) is 11.8 Å². The third kappa shape index (κ3) is 6.00. The Bertz CT molecular complexity index is 923. The van der Waals surface area contributed by atoms with Gasteiger partial charge in [-0.25, -0.2) is 0 Å². The number of ether oxygens (including phenoxy) is 2. The number of carbonyl (C=O) groups excluding carboxylic acids is 2. The van der Waals surface area contributed by atoms with Crippen LogP contribution in [0.15, 0.2) is 48.5 Å². The Labute approximate surface area is 193 Å². The first-order valence-electron chi connectivity index (χ1n) is 11.0. The van der Waals surface area contributed by atoms with Gasteiger partial charge in [-0.15, -0.1) is 0 Å². The van der Waals surface area contributed by atoms with Crippen LogP contribution in [0.4, 0.5) is 5.69 Å². The molecule has 0 bridgehead atoms. The Morgan fingerprint density at radius 2 is 1.88 bits per heavy atom. The molecular formula is C24H28ClN3O4. The minimum absolute atomic E-state index is 0.0183. The van der Waals surface area contributed by atoms with E-state index in [1.165, 1.54) is 0 Å². The molecule has 32 heavy (non-hydrogen) atoms. The SMILES string of the molecule is O=C(Nc1cccc(C(=O)N2CCN(CCOc3ccc(Cl)cc3)CC2)c1)[C@@H]1CCCO1. The second-order valence-electron chi connectivity index (χ2n) is 8.01. The van der Waals surface area contributed by atoms with Crippen LogP contribution in [-0.2, 0) is 9.53 Å². The molecule has 2 amide bonds. The highest BCUT2D eigenvalue weighted by atomic mass is 35.5. The number of amides is 2. The minimum Gasteiger partial charge on any atom is -0.492 e. The van der Waals surface area contributed by atoms with Gasteiger partial charge in [-0.3, -0.25) is 14.5 Å². The van der Waals surface area contributed by atoms with Gasteiger partial charge in [-0.2, -0.15) is 0 Å². The highest BCUT2D eigenvalue weighted by molar-refractivity contribution is 6.30. The van der Waals surface area contributed by atoms with Crippen molar-refractivity contribution in [2.45, 2.75) is 18.9 Å². The van der Waals surface area contributed by atoms with E-state index < -0.39 is 6.10 Å². The molecule has 0 spiro atoms. The summed E-state index contributed by atoms with van der Waals surface area (Å²) in [6.45, 7) is 4.92. The minimum atomic E-state index is -0.397. The summed E-state index contributed by atoms with van der Waals surface area (Å²) in [4.78, 5) is 29.4. The predicted octanol–water partition coefficient (Wildman–Crippen LogP) is 3.29. The van der Waals surface area contributed by atoms with Crippen LogP contribution >= 0.6 is 11.6 Å². The lowest BCUT2D eigenvalue weighted by Crippen LogP contribution is -2.49. The molecule has 0 aliphatic carbocycles. The largest absolute Gasteiger partial charge is 0.492 e. The van der Waals surface area contributed by atoms with Crippen LogP contribution in [0.25, 0.3) is 0 Å². The number of halogens is 1. The molecule has 2 heterocycles. The number of anilines is 1. The normalized spacial score (nSPS) is 19.0. The van der Waals surface area contributed by atoms with Crippen molar-refractivity contribution in [1.82, 2.24) is 9.80 Å². The lowest BCUT2D eigenvalue weighted by Gasteiger charge is -2.34. The maximum Gasteiger partial charge on any atom is 0.254 e. The standard InChI is InChI=1S/C24H28ClN3O4/c25-19-6-8-21(9-7-19)31-16-14-27-10-12-28(13-11-27)24(30)18-3-1-4-20(17-18)26-23(29)22-5-2-15-32-22/h1,3-4,6-9,17,22H,2,5,10-16H2,(H,26,29)/t22-/m0/s1. The number of hydrogen-bond donors (Lipinski definition) is 1. The van der Waals surface area contributed by atoms with E-state index >= 15 is 0 Å². The zero-order valence-corrected chi connectivity index (χ0v) is 18.7. The summed E-state index contributed by atoms with van der Waals surface area (Å²) in [5, 5.41) is 3.55. The monoisotopic (exact) mass is 457 g/mol. The predicted molar refractivity (Wildman–Crippen MR) is 123 cm³/mol. The Morgan fingerprint density at radius 3 is 2.59 bits per heavy atom. The molecule has 0 saturated carbocycles. The zero-order chi connectivity index (χ0) is 22.3. The second kappa shape index (κ2) is 10.8. The summed E-state index contributed by atoms with van der Waals surface area (Å²) in [6, 6.07) is 14.4. The first kappa shape index (κ1) is 22.6. The molecule has 2 aliphatic heterocycles. The molecule has 2 aromatic carbocycles. The van der Waals surface area contributed by atoms with Crippen molar-refractivity contribution < 1.29 is 19.1 Å². The van der Waals surface area contributed by atoms with E-state index in [1.54, 1.807) is 24.3 Å². The third-order valence-electron chi connectivity index (χ3n) is 5.75. The Hall–Kier alpha value is -2.61. The average Bonchev–Trinajstić information content (AvgIpc) is 3.36. The third-order valence-corrected chi connectivity index (χ3v) is 6.00. The number of rotatable bonds is 7. The summed E-state index contributed by atoms with van der Waals surface area (Å²) in [7, 11) is 0. The van der Waals surface area contributed by atoms with E-state index in [9.17, 15) is 9.59 Å². The zero-order valence-electron chi connectivity index (χ0n) is 18.0. The molecule has 2 aromatic rings. The van der Waals surface area contributed by atoms with Crippen LogP contribution in [0.5, 0.6) is 5.75 Å². The molecule has 4 rings (SSSR count). The van der Waals surface area contributed by atoms with Gasteiger partial charge in [0.05, 0.1) is 0 Å². The van der Waals surface area contributed by atoms with E-state index in [0.717, 1.165) is 38.2 Å². The van der Waals surface area contributed by atoms with Crippen molar-refractivity contribution in [3.05, 3.63) is 59.1 Å². The smallest absolute Gasteiger partial charge is 0.254 e. The van der Waals surface area contributed by atoms with Gasteiger partial charge < -0.3 is 19.7 Å². The maximum atomic E-state index is 13.0. The Kier molecular flexibility index (Phi) is 7.63. The van der Waals surface area contributed by atoms with Crippen LogP contribution in [0.2, 0.25) is 5.02 Å². The highest BCUT2D eigenvalue weighted by Gasteiger charge is 2.25. The number of hydrogen-bond acceptors (Lipinski definition) is 5. The number of carbonyl (C=O) groups is 2. The van der Waals surface area contributed by atoms with Gasteiger partial charge >= 0.3 is 0 Å². The number of piperazine rings is 1. The molecule has 2 aliphatic rings. The molecule has 7 nitrogen and oxygen atoms in total. The van der Waals surface area contributed by atoms with Gasteiger partial charge in [-0.05, 0) is 55.3 Å². The van der Waals surface area contributed by atoms with E-state index in [2.05, 4.69) is 10.2 Å². The lowest BCUT2D eigenvalue weighted by atomic mass is 10.1. The molecule has 0 aromatic heterocycles. The first-order chi connectivity index (χ1) is 15.6. The van der Waals surface area contributed by atoms with Crippen LogP contribution in [0, 0.1) is 0 Å². The van der Waals surface area contributed by atoms with Gasteiger partial charge in [0, 0.05) is 55.6 Å². The fourth-order valence-electron chi connectivity index (χ4n) is 3.92. The van der Waals surface area contributed by atoms with Crippen LogP contribution in [0.1, 0.15) is 23.2 Å². The second-order valence-corrected chi connectivity index (χ2v) is 8.44. The number of benzene rings is 2. The fourth-order valence-corrected chi connectivity index (χ4v) is 4.04. The molecule has 2 saturated heterocycles. The molecular weight excluding hydrogens is 430 g/mol. The fraction of sp³-hybridized carbons (Fsp3) is 0.417. The van der Waals surface area contributed by atoms with Gasteiger partial charge in [0.25, 0.3) is 11.8 Å². The summed E-state index contributed by atoms with van der Waals surface area (Å²) in [5.74, 6) is 0.631. The van der Waals surface area contributed by atoms with Gasteiger partial charge in [0.15, 0.2) is 0 Å². The molecule has 0 radical (unpaired) electrons. The summed E-state index contributed by atoms with van der Waals surface area (Å²) in [6.07, 6.45) is 1.24. The maximum absolute atomic E-state index is 13.0. The van der Waals surface area contributed by atoms with Crippen molar-refractivity contribution in [3.63, 3.8) is 0 Å². The van der Waals surface area contributed by atoms with Gasteiger partial charge in [-0.1, -0.05) is 17.7 Å². The molecule has 1 atom stereocenters. The molecule has 0 unspecified atom stereocenters. The molecule has 8 heteroatoms. The Balaban J connectivity index is 1.23. The topological polar surface area (TPSA) is 71.1 Å². The molecule has 170 valence electrons. The van der Waals surface area contributed by atoms with Crippen molar-refractivity contribution >= 4 is 29.1 Å². The average molecular weight is 458 g/mol. The van der Waals surface area contributed by atoms with Crippen molar-refractivity contribution in [2.24, 2.45) is 0 Å². The molecule has 1 N–H and O–H groups in total. The highest BCUT2D eigenvalue weighted by Crippen LogP contribution is 2.18. The van der Waals surface area contributed by atoms with Crippen molar-refractivity contribution in [2.75, 3.05) is 51.3 Å². The Morgan fingerprint density at radius 1 is 1.09 bits per heavy atom. The van der Waals surface area contributed by atoms with Crippen molar-refractivity contribution in [3.8, 4) is 5.75 Å². The quantitative estimate of drug-likeness (QED) is 0.690. The van der Waals surface area contributed by atoms with E-state index in [0.29, 0.717) is 42.6 Å². The van der Waals surface area contributed by atoms with Crippen LogP contribution in [-0.4, -0.2) is 73.7 Å². The van der Waals surface area contributed by atoms with Crippen LogP contribution < -0.4 is 10.1 Å². The summed E-state index contributed by atoms with van der Waals surface area (Å²) >= 11 is 5.89. The lowest BCUT2D eigenvalue weighted by molar-refractivity contribution is -0.124. The summed E-state index contributed by atoms with van der Waals surface area (Å²) in [5.41, 5.74) is 1.20. The number of nitrogens with one attached hydrogen (secondary N) is 1. The van der Waals surface area contributed by atoms with Crippen molar-refractivity contribution in [1.29, 1.82) is 0 Å². The molecule has 2 fully saturated rings. The number of nitrogens with zero attached hydrogens (tertiary/aromatic N) is 2.